The molecular formula is C15H15F2N2O3Se. The second kappa shape index (κ2) is 7.21. The van der Waals surface area contributed by atoms with Crippen LogP contribution in [0.25, 0.3) is 11.3 Å². The van der Waals surface area contributed by atoms with Crippen molar-refractivity contribution in [3.63, 3.8) is 0 Å². The average Bonchev–Trinajstić information content (AvgIpc) is 2.50. The van der Waals surface area contributed by atoms with Crippen LogP contribution in [0.2, 0.25) is 0 Å². The van der Waals surface area contributed by atoms with Gasteiger partial charge in [-0.1, -0.05) is 0 Å². The fourth-order valence-corrected chi connectivity index (χ4v) is 2.76. The Morgan fingerprint density at radius 2 is 1.74 bits per heavy atom. The molecule has 23 heavy (non-hydrogen) atoms. The molecule has 0 aliphatic heterocycles. The van der Waals surface area contributed by atoms with E-state index >= 15 is 0 Å². The summed E-state index contributed by atoms with van der Waals surface area (Å²) in [7, 11) is 0. The van der Waals surface area contributed by atoms with Gasteiger partial charge in [0.15, 0.2) is 0 Å². The van der Waals surface area contributed by atoms with Gasteiger partial charge in [-0.3, -0.25) is 0 Å². The van der Waals surface area contributed by atoms with Gasteiger partial charge in [-0.25, -0.2) is 0 Å². The standard InChI is InChI=1S/C15H15F2N2O3Se/c1-3-12-13(9-5-10(16)7-11(17)6-9)18(8-22-4-2)15(21)19(23)14(12)20/h5-7H,3-4,8H2,1-2H3. The fraction of sp³-hybridized carbons (Fsp3) is 0.333. The number of hydrogen-bond acceptors (Lipinski definition) is 3. The van der Waals surface area contributed by atoms with Crippen molar-refractivity contribution in [3.05, 3.63) is 56.2 Å². The van der Waals surface area contributed by atoms with Gasteiger partial charge < -0.3 is 0 Å². The van der Waals surface area contributed by atoms with Gasteiger partial charge in [0, 0.05) is 0 Å². The molecule has 1 heterocycles. The van der Waals surface area contributed by atoms with Crippen molar-refractivity contribution in [2.24, 2.45) is 0 Å². The Bertz CT molecular complexity index is 826. The Hall–Kier alpha value is -1.76. The maximum atomic E-state index is 13.6. The molecule has 5 nitrogen and oxygen atoms in total. The Labute approximate surface area is 139 Å². The molecule has 0 atom stereocenters. The van der Waals surface area contributed by atoms with E-state index in [-0.39, 0.29) is 23.6 Å². The molecule has 0 N–H and O–H groups in total. The van der Waals surface area contributed by atoms with Gasteiger partial charge in [0.1, 0.15) is 0 Å². The molecule has 0 saturated heterocycles. The molecule has 0 aliphatic rings. The summed E-state index contributed by atoms with van der Waals surface area (Å²) in [6.07, 6.45) is 0.292. The Kier molecular flexibility index (Phi) is 5.51. The summed E-state index contributed by atoms with van der Waals surface area (Å²) < 4.78 is 34.4. The maximum absolute atomic E-state index is 13.6. The SMILES string of the molecule is CCOCn1c(-c2cc(F)cc(F)c2)c(CC)c(=O)n([Se])c1=O. The second-order valence-corrected chi connectivity index (χ2v) is 5.54. The van der Waals surface area contributed by atoms with Crippen LogP contribution in [0.3, 0.4) is 0 Å². The van der Waals surface area contributed by atoms with Crippen LogP contribution < -0.4 is 11.2 Å². The quantitative estimate of drug-likeness (QED) is 0.729. The molecule has 0 amide bonds. The van der Waals surface area contributed by atoms with Crippen LogP contribution in [-0.4, -0.2) is 31.0 Å². The van der Waals surface area contributed by atoms with E-state index < -0.39 is 22.9 Å². The van der Waals surface area contributed by atoms with Crippen LogP contribution in [0.4, 0.5) is 8.78 Å². The third kappa shape index (κ3) is 3.44. The predicted molar refractivity (Wildman–Crippen MR) is 82.5 cm³/mol. The summed E-state index contributed by atoms with van der Waals surface area (Å²) >= 11 is 2.40. The summed E-state index contributed by atoms with van der Waals surface area (Å²) in [5, 5.41) is 0. The van der Waals surface area contributed by atoms with E-state index in [9.17, 15) is 18.4 Å². The number of hydrogen-bond donors (Lipinski definition) is 0. The van der Waals surface area contributed by atoms with E-state index in [1.807, 2.05) is 0 Å². The fourth-order valence-electron chi connectivity index (χ4n) is 2.32. The second-order valence-electron chi connectivity index (χ2n) is 4.77. The molecule has 0 aliphatic carbocycles. The Balaban J connectivity index is 2.88. The molecule has 8 heteroatoms. The van der Waals surface area contributed by atoms with E-state index in [1.165, 1.54) is 4.57 Å². The normalized spacial score (nSPS) is 11.0. The van der Waals surface area contributed by atoms with Crippen molar-refractivity contribution in [1.29, 1.82) is 0 Å². The summed E-state index contributed by atoms with van der Waals surface area (Å²) in [6, 6.07) is 2.90. The third-order valence-corrected chi connectivity index (χ3v) is 3.99. The number of aromatic nitrogens is 2. The zero-order chi connectivity index (χ0) is 17.1. The van der Waals surface area contributed by atoms with E-state index in [4.69, 9.17) is 4.74 Å². The first-order valence-electron chi connectivity index (χ1n) is 7.01. The van der Waals surface area contributed by atoms with E-state index in [2.05, 4.69) is 16.2 Å². The molecule has 1 aromatic heterocycles. The number of halogens is 2. The monoisotopic (exact) mass is 389 g/mol. The van der Waals surface area contributed by atoms with E-state index in [1.54, 1.807) is 13.8 Å². The van der Waals surface area contributed by atoms with Crippen LogP contribution in [-0.2, 0) is 17.9 Å². The van der Waals surface area contributed by atoms with Crippen LogP contribution in [0.1, 0.15) is 19.4 Å². The Morgan fingerprint density at radius 3 is 2.26 bits per heavy atom. The van der Waals surface area contributed by atoms with Crippen LogP contribution in [0.15, 0.2) is 27.8 Å². The summed E-state index contributed by atoms with van der Waals surface area (Å²) in [5.74, 6) is -1.57. The van der Waals surface area contributed by atoms with Crippen LogP contribution in [0.5, 0.6) is 0 Å². The summed E-state index contributed by atoms with van der Waals surface area (Å²) in [4.78, 5) is 24.7. The van der Waals surface area contributed by atoms with Crippen LogP contribution in [0, 0.1) is 11.6 Å². The zero-order valence-electron chi connectivity index (χ0n) is 12.6. The zero-order valence-corrected chi connectivity index (χ0v) is 14.3. The molecule has 0 fully saturated rings. The number of rotatable bonds is 5. The van der Waals surface area contributed by atoms with Crippen molar-refractivity contribution in [2.45, 2.75) is 27.0 Å². The van der Waals surface area contributed by atoms with Crippen molar-refractivity contribution < 1.29 is 13.5 Å². The summed E-state index contributed by atoms with van der Waals surface area (Å²) in [5.41, 5.74) is -0.631. The van der Waals surface area contributed by atoms with Gasteiger partial charge >= 0.3 is 139 Å². The van der Waals surface area contributed by atoms with Crippen molar-refractivity contribution >= 4 is 16.2 Å². The van der Waals surface area contributed by atoms with Gasteiger partial charge in [-0.2, -0.15) is 0 Å². The average molecular weight is 388 g/mol. The van der Waals surface area contributed by atoms with E-state index in [0.29, 0.717) is 13.0 Å². The first-order valence-corrected chi connectivity index (χ1v) is 7.77. The van der Waals surface area contributed by atoms with Crippen molar-refractivity contribution in [3.8, 4) is 11.3 Å². The molecule has 1 radical (unpaired) electrons. The van der Waals surface area contributed by atoms with Crippen molar-refractivity contribution in [2.75, 3.05) is 6.61 Å². The van der Waals surface area contributed by atoms with Gasteiger partial charge in [0.2, 0.25) is 0 Å². The molecule has 2 aromatic rings. The van der Waals surface area contributed by atoms with Gasteiger partial charge in [0.05, 0.1) is 0 Å². The first-order chi connectivity index (χ1) is 10.9. The molecule has 0 unspecified atom stereocenters. The minimum absolute atomic E-state index is 0.119. The van der Waals surface area contributed by atoms with E-state index in [0.717, 1.165) is 21.8 Å². The Morgan fingerprint density at radius 1 is 1.13 bits per heavy atom. The van der Waals surface area contributed by atoms with Crippen molar-refractivity contribution in [1.82, 2.24) is 8.15 Å². The number of nitrogens with zero attached hydrogens (tertiary/aromatic N) is 2. The molecule has 0 saturated carbocycles. The third-order valence-electron chi connectivity index (χ3n) is 3.32. The summed E-state index contributed by atoms with van der Waals surface area (Å²) in [6.45, 7) is 3.70. The molecule has 0 spiro atoms. The molecule has 0 bridgehead atoms. The molecule has 123 valence electrons. The molecule has 1 aromatic carbocycles. The topological polar surface area (TPSA) is 53.2 Å². The van der Waals surface area contributed by atoms with Gasteiger partial charge in [-0.05, 0) is 0 Å². The predicted octanol–water partition coefficient (Wildman–Crippen LogP) is 1.44. The van der Waals surface area contributed by atoms with Gasteiger partial charge in [-0.15, -0.1) is 0 Å². The molecular weight excluding hydrogens is 373 g/mol. The number of benzene rings is 1. The first kappa shape index (κ1) is 17.6. The van der Waals surface area contributed by atoms with Gasteiger partial charge in [0.25, 0.3) is 0 Å². The number of ether oxygens (including phenoxy) is 1. The minimum atomic E-state index is -0.787. The molecule has 2 rings (SSSR count). The van der Waals surface area contributed by atoms with Crippen LogP contribution >= 0.6 is 0 Å².